The molecule has 0 N–H and O–H groups in total. The maximum Gasteiger partial charge on any atom is 0.222 e. The molecule has 0 saturated heterocycles. The molecule has 160 valence electrons. The molecule has 0 unspecified atom stereocenters. The number of hydrogen-bond donors (Lipinski definition) is 0. The van der Waals surface area contributed by atoms with Crippen LogP contribution in [0, 0.1) is 17.8 Å². The first-order valence-corrected chi connectivity index (χ1v) is 10.4. The lowest BCUT2D eigenvalue weighted by molar-refractivity contribution is -0.117. The van der Waals surface area contributed by atoms with Crippen molar-refractivity contribution in [1.29, 1.82) is 0 Å². The van der Waals surface area contributed by atoms with Crippen LogP contribution in [0.1, 0.15) is 46.5 Å². The Morgan fingerprint density at radius 3 is 2.77 bits per heavy atom. The van der Waals surface area contributed by atoms with Crippen molar-refractivity contribution in [3.05, 3.63) is 30.5 Å². The number of aryl methyl sites for hydroxylation is 1. The molecule has 2 aliphatic carbocycles. The Balaban J connectivity index is 0.00000218. The zero-order chi connectivity index (χ0) is 20.1. The van der Waals surface area contributed by atoms with Crippen molar-refractivity contribution in [2.75, 3.05) is 0 Å². The molecule has 2 atom stereocenters. The van der Waals surface area contributed by atoms with Gasteiger partial charge in [-0.15, -0.1) is 0 Å². The molecule has 2 aliphatic rings. The second kappa shape index (κ2) is 7.85. The first-order valence-electron chi connectivity index (χ1n) is 10.4. The molecular weight excluding hydrogens is 383 g/mol. The van der Waals surface area contributed by atoms with Crippen LogP contribution < -0.4 is 4.74 Å². The van der Waals surface area contributed by atoms with E-state index in [0.29, 0.717) is 29.5 Å². The van der Waals surface area contributed by atoms with Crippen molar-refractivity contribution in [2.24, 2.45) is 18.9 Å². The second-order valence-electron chi connectivity index (χ2n) is 8.54. The van der Waals surface area contributed by atoms with Gasteiger partial charge >= 0.3 is 0 Å². The highest BCUT2D eigenvalue weighted by Gasteiger charge is 2.29. The molecule has 5 rings (SSSR count). The predicted molar refractivity (Wildman–Crippen MR) is 114 cm³/mol. The highest BCUT2D eigenvalue weighted by molar-refractivity contribution is 5.90. The van der Waals surface area contributed by atoms with Gasteiger partial charge in [0.05, 0.1) is 23.2 Å². The highest BCUT2D eigenvalue weighted by atomic mass is 19.1. The van der Waals surface area contributed by atoms with Gasteiger partial charge in [-0.1, -0.05) is 7.43 Å². The molecule has 0 amide bonds. The summed E-state index contributed by atoms with van der Waals surface area (Å²) in [5.74, 6) is 1.25. The maximum atomic E-state index is 14.7. The smallest absolute Gasteiger partial charge is 0.222 e. The zero-order valence-corrected chi connectivity index (χ0v) is 16.8. The molecule has 2 heterocycles. The van der Waals surface area contributed by atoms with Gasteiger partial charge in [0.2, 0.25) is 5.95 Å². The largest absolute Gasteiger partial charge is 0.490 e. The fraction of sp³-hybridized carbons (Fsp3) is 0.522. The summed E-state index contributed by atoms with van der Waals surface area (Å²) >= 11 is 0. The number of ketones is 1. The number of carbonyl (C=O) groups excluding carboxylic acids is 1. The average molecular weight is 413 g/mol. The molecule has 2 aromatic heterocycles. The zero-order valence-electron chi connectivity index (χ0n) is 16.8. The third-order valence-corrected chi connectivity index (χ3v) is 6.20. The van der Waals surface area contributed by atoms with Crippen LogP contribution in [-0.2, 0) is 18.4 Å². The minimum absolute atomic E-state index is 0. The van der Waals surface area contributed by atoms with Gasteiger partial charge in [-0.3, -0.25) is 9.48 Å². The van der Waals surface area contributed by atoms with E-state index in [-0.39, 0.29) is 25.2 Å². The Hall–Kier alpha value is -2.70. The standard InChI is InChI=1S/C22H25FN4O2.CH4/c1-13(15-5-6-18(28)7-15)29-20-9-16(8-19-21(20)22(23)26(2)25-19)17-10-24-27(12-17)11-14-3-4-14;/h8-10,12-15H,3-7,11H2,1-2H3;1H4/t13-,15+;/m1./s1. The van der Waals surface area contributed by atoms with Crippen LogP contribution in [0.3, 0.4) is 0 Å². The van der Waals surface area contributed by atoms with Gasteiger partial charge in [0.15, 0.2) is 0 Å². The lowest BCUT2D eigenvalue weighted by atomic mass is 10.0. The quantitative estimate of drug-likeness (QED) is 0.586. The molecule has 30 heavy (non-hydrogen) atoms. The van der Waals surface area contributed by atoms with Crippen molar-refractivity contribution in [1.82, 2.24) is 19.6 Å². The number of rotatable bonds is 6. The topological polar surface area (TPSA) is 61.9 Å². The second-order valence-corrected chi connectivity index (χ2v) is 8.54. The number of ether oxygens (including phenoxy) is 1. The predicted octanol–water partition coefficient (Wildman–Crippen LogP) is 4.76. The van der Waals surface area contributed by atoms with E-state index in [2.05, 4.69) is 10.2 Å². The number of nitrogens with zero attached hydrogens (tertiary/aromatic N) is 4. The van der Waals surface area contributed by atoms with E-state index in [9.17, 15) is 9.18 Å². The van der Waals surface area contributed by atoms with Crippen LogP contribution >= 0.6 is 0 Å². The van der Waals surface area contributed by atoms with Crippen LogP contribution in [0.25, 0.3) is 22.0 Å². The summed E-state index contributed by atoms with van der Waals surface area (Å²) in [6.45, 7) is 2.90. The third kappa shape index (κ3) is 3.85. The number of carbonyl (C=O) groups is 1. The molecule has 0 radical (unpaired) electrons. The number of Topliss-reactive ketones (excluding diaryl/α,β-unsaturated/α-hetero) is 1. The summed E-state index contributed by atoms with van der Waals surface area (Å²) in [6, 6.07) is 3.76. The highest BCUT2D eigenvalue weighted by Crippen LogP contribution is 2.37. The summed E-state index contributed by atoms with van der Waals surface area (Å²) in [5, 5.41) is 9.18. The number of fused-ring (bicyclic) bond motifs is 1. The Bertz CT molecular complexity index is 1080. The van der Waals surface area contributed by atoms with Crippen LogP contribution in [0.4, 0.5) is 4.39 Å². The number of hydrogen-bond acceptors (Lipinski definition) is 4. The van der Waals surface area contributed by atoms with E-state index in [1.54, 1.807) is 7.05 Å². The molecule has 3 aromatic rings. The molecule has 0 bridgehead atoms. The van der Waals surface area contributed by atoms with E-state index >= 15 is 0 Å². The van der Waals surface area contributed by atoms with Crippen LogP contribution in [0.2, 0.25) is 0 Å². The minimum Gasteiger partial charge on any atom is -0.490 e. The summed E-state index contributed by atoms with van der Waals surface area (Å²) in [6.07, 6.45) is 8.21. The normalized spacial score (nSPS) is 19.8. The van der Waals surface area contributed by atoms with Gasteiger partial charge in [0.1, 0.15) is 11.5 Å². The van der Waals surface area contributed by atoms with Crippen molar-refractivity contribution in [3.63, 3.8) is 0 Å². The number of aromatic nitrogens is 4. The Morgan fingerprint density at radius 2 is 2.07 bits per heavy atom. The fourth-order valence-electron chi connectivity index (χ4n) is 4.23. The van der Waals surface area contributed by atoms with Gasteiger partial charge in [-0.05, 0) is 49.8 Å². The maximum absolute atomic E-state index is 14.7. The lowest BCUT2D eigenvalue weighted by Gasteiger charge is -2.21. The summed E-state index contributed by atoms with van der Waals surface area (Å²) < 4.78 is 24.2. The van der Waals surface area contributed by atoms with E-state index in [0.717, 1.165) is 30.0 Å². The molecule has 7 heteroatoms. The monoisotopic (exact) mass is 412 g/mol. The first kappa shape index (κ1) is 20.6. The molecule has 0 spiro atoms. The van der Waals surface area contributed by atoms with Crippen molar-refractivity contribution in [2.45, 2.75) is 59.1 Å². The SMILES string of the molecule is C.C[C@@H](Oc1cc(-c2cnn(CC3CC3)c2)cc2nn(C)c(F)c12)[C@H]1CCC(=O)C1. The summed E-state index contributed by atoms with van der Waals surface area (Å²) in [5.41, 5.74) is 2.43. The lowest BCUT2D eigenvalue weighted by Crippen LogP contribution is -2.22. The van der Waals surface area contributed by atoms with Gasteiger partial charge in [-0.25, -0.2) is 4.68 Å². The van der Waals surface area contributed by atoms with Gasteiger partial charge in [0, 0.05) is 44.1 Å². The Kier molecular flexibility index (Phi) is 5.38. The Labute approximate surface area is 176 Å². The van der Waals surface area contributed by atoms with Gasteiger partial charge in [-0.2, -0.15) is 14.6 Å². The van der Waals surface area contributed by atoms with E-state index in [4.69, 9.17) is 4.74 Å². The number of benzene rings is 1. The molecule has 0 aliphatic heterocycles. The molecule has 2 saturated carbocycles. The van der Waals surface area contributed by atoms with Crippen molar-refractivity contribution >= 4 is 16.7 Å². The van der Waals surface area contributed by atoms with E-state index in [1.165, 1.54) is 17.5 Å². The van der Waals surface area contributed by atoms with E-state index in [1.807, 2.05) is 36.1 Å². The average Bonchev–Trinajstić information content (AvgIpc) is 3.07. The summed E-state index contributed by atoms with van der Waals surface area (Å²) in [4.78, 5) is 11.7. The van der Waals surface area contributed by atoms with Crippen LogP contribution in [0.5, 0.6) is 5.75 Å². The summed E-state index contributed by atoms with van der Waals surface area (Å²) in [7, 11) is 1.59. The van der Waals surface area contributed by atoms with Crippen molar-refractivity contribution < 1.29 is 13.9 Å². The molecule has 2 fully saturated rings. The number of halogens is 1. The third-order valence-electron chi connectivity index (χ3n) is 6.20. The van der Waals surface area contributed by atoms with Gasteiger partial charge in [0.25, 0.3) is 0 Å². The van der Waals surface area contributed by atoms with E-state index < -0.39 is 5.95 Å². The van der Waals surface area contributed by atoms with Crippen LogP contribution in [0.15, 0.2) is 24.5 Å². The molecule has 6 nitrogen and oxygen atoms in total. The van der Waals surface area contributed by atoms with Crippen molar-refractivity contribution in [3.8, 4) is 16.9 Å². The van der Waals surface area contributed by atoms with Crippen LogP contribution in [-0.4, -0.2) is 31.4 Å². The molecular formula is C23H29FN4O2. The first-order chi connectivity index (χ1) is 14.0. The fourth-order valence-corrected chi connectivity index (χ4v) is 4.23. The van der Waals surface area contributed by atoms with Gasteiger partial charge < -0.3 is 4.74 Å². The minimum atomic E-state index is -0.416. The Morgan fingerprint density at radius 1 is 1.27 bits per heavy atom. The molecule has 1 aromatic carbocycles.